The Hall–Kier alpha value is -1.95. The molecule has 0 radical (unpaired) electrons. The molecule has 0 aromatic carbocycles. The molecule has 0 spiro atoms. The van der Waals surface area contributed by atoms with Crippen LogP contribution in [0.3, 0.4) is 0 Å². The summed E-state index contributed by atoms with van der Waals surface area (Å²) in [6.07, 6.45) is 3.17. The van der Waals surface area contributed by atoms with Gasteiger partial charge in [0.15, 0.2) is 0 Å². The average Bonchev–Trinajstić information content (AvgIpc) is 2.75. The molecule has 1 amide bonds. The minimum absolute atomic E-state index is 0.00314. The fraction of sp³-hybridized carbons (Fsp3) is 0.500. The molecular weight excluding hydrogens is 260 g/mol. The number of amides is 1. The summed E-state index contributed by atoms with van der Waals surface area (Å²) < 4.78 is 5.77. The highest BCUT2D eigenvalue weighted by Gasteiger charge is 2.31. The second-order valence-electron chi connectivity index (χ2n) is 5.48. The highest BCUT2D eigenvalue weighted by Crippen LogP contribution is 2.28. The fourth-order valence-electron chi connectivity index (χ4n) is 2.21. The van der Waals surface area contributed by atoms with E-state index in [1.807, 2.05) is 13.8 Å². The average molecular weight is 278 g/mol. The van der Waals surface area contributed by atoms with Crippen LogP contribution in [0, 0.1) is 0 Å². The molecule has 1 atom stereocenters. The Balaban J connectivity index is 1.92. The van der Waals surface area contributed by atoms with Gasteiger partial charge in [0.05, 0.1) is 17.3 Å². The van der Waals surface area contributed by atoms with E-state index in [1.54, 1.807) is 0 Å². The first-order chi connectivity index (χ1) is 9.37. The molecule has 2 N–H and O–H groups in total. The molecular formula is C14H18N2O4. The van der Waals surface area contributed by atoms with E-state index >= 15 is 0 Å². The van der Waals surface area contributed by atoms with Crippen molar-refractivity contribution in [2.24, 2.45) is 0 Å². The van der Waals surface area contributed by atoms with E-state index in [9.17, 15) is 9.59 Å². The van der Waals surface area contributed by atoms with E-state index in [2.05, 4.69) is 10.3 Å². The SMILES string of the molecule is CC1(C)CCC(CNC(=O)c2cc(C(=O)O)ccn2)O1. The number of aromatic nitrogens is 1. The van der Waals surface area contributed by atoms with Gasteiger partial charge in [-0.2, -0.15) is 0 Å². The summed E-state index contributed by atoms with van der Waals surface area (Å²) in [6.45, 7) is 4.45. The van der Waals surface area contributed by atoms with Gasteiger partial charge in [-0.25, -0.2) is 4.79 Å². The number of rotatable bonds is 4. The Morgan fingerprint density at radius 2 is 2.30 bits per heavy atom. The largest absolute Gasteiger partial charge is 0.478 e. The Morgan fingerprint density at radius 1 is 1.55 bits per heavy atom. The summed E-state index contributed by atoms with van der Waals surface area (Å²) in [6, 6.07) is 2.61. The van der Waals surface area contributed by atoms with Crippen LogP contribution >= 0.6 is 0 Å². The summed E-state index contributed by atoms with van der Waals surface area (Å²) in [7, 11) is 0. The van der Waals surface area contributed by atoms with Crippen LogP contribution in [0.15, 0.2) is 18.3 Å². The van der Waals surface area contributed by atoms with Gasteiger partial charge in [-0.15, -0.1) is 0 Å². The monoisotopic (exact) mass is 278 g/mol. The lowest BCUT2D eigenvalue weighted by Crippen LogP contribution is -2.33. The third-order valence-electron chi connectivity index (χ3n) is 3.28. The number of hydrogen-bond donors (Lipinski definition) is 2. The zero-order valence-corrected chi connectivity index (χ0v) is 11.5. The van der Waals surface area contributed by atoms with Crippen molar-refractivity contribution in [2.75, 3.05) is 6.54 Å². The van der Waals surface area contributed by atoms with Crippen molar-refractivity contribution in [3.63, 3.8) is 0 Å². The molecule has 6 heteroatoms. The summed E-state index contributed by atoms with van der Waals surface area (Å²) in [5, 5.41) is 11.6. The molecule has 0 saturated carbocycles. The number of hydrogen-bond acceptors (Lipinski definition) is 4. The van der Waals surface area contributed by atoms with Gasteiger partial charge in [0.1, 0.15) is 5.69 Å². The van der Waals surface area contributed by atoms with Gasteiger partial charge in [-0.1, -0.05) is 0 Å². The first kappa shape index (κ1) is 14.5. The third kappa shape index (κ3) is 3.54. The summed E-state index contributed by atoms with van der Waals surface area (Å²) in [4.78, 5) is 26.6. The molecule has 2 heterocycles. The van der Waals surface area contributed by atoms with Crippen molar-refractivity contribution in [1.82, 2.24) is 10.3 Å². The zero-order chi connectivity index (χ0) is 14.8. The Morgan fingerprint density at radius 3 is 2.90 bits per heavy atom. The van der Waals surface area contributed by atoms with Crippen molar-refractivity contribution in [3.8, 4) is 0 Å². The van der Waals surface area contributed by atoms with Gasteiger partial charge < -0.3 is 15.2 Å². The van der Waals surface area contributed by atoms with Crippen LogP contribution in [0.1, 0.15) is 47.5 Å². The standard InChI is InChI=1S/C14H18N2O4/c1-14(2)5-3-10(20-14)8-16-12(17)11-7-9(13(18)19)4-6-15-11/h4,6-7,10H,3,5,8H2,1-2H3,(H,16,17)(H,18,19). The van der Waals surface area contributed by atoms with Crippen molar-refractivity contribution >= 4 is 11.9 Å². The first-order valence-corrected chi connectivity index (χ1v) is 6.53. The number of nitrogens with one attached hydrogen (secondary N) is 1. The molecule has 1 aromatic rings. The summed E-state index contributed by atoms with van der Waals surface area (Å²) in [5.74, 6) is -1.47. The Bertz CT molecular complexity index is 528. The number of aromatic carboxylic acids is 1. The van der Waals surface area contributed by atoms with Crippen LogP contribution in [0.2, 0.25) is 0 Å². The fourth-order valence-corrected chi connectivity index (χ4v) is 2.21. The Kier molecular flexibility index (Phi) is 4.04. The van der Waals surface area contributed by atoms with Gasteiger partial charge in [0.2, 0.25) is 0 Å². The number of carboxylic acids is 1. The van der Waals surface area contributed by atoms with Crippen LogP contribution in [0.4, 0.5) is 0 Å². The molecule has 20 heavy (non-hydrogen) atoms. The number of carboxylic acid groups (broad SMARTS) is 1. The number of nitrogens with zero attached hydrogens (tertiary/aromatic N) is 1. The van der Waals surface area contributed by atoms with Crippen LogP contribution < -0.4 is 5.32 Å². The quantitative estimate of drug-likeness (QED) is 0.870. The van der Waals surface area contributed by atoms with E-state index in [0.29, 0.717) is 6.54 Å². The molecule has 108 valence electrons. The lowest BCUT2D eigenvalue weighted by atomic mass is 10.1. The smallest absolute Gasteiger partial charge is 0.335 e. The second-order valence-corrected chi connectivity index (χ2v) is 5.48. The minimum atomic E-state index is -1.08. The van der Waals surface area contributed by atoms with E-state index in [4.69, 9.17) is 9.84 Å². The predicted octanol–water partition coefficient (Wildman–Crippen LogP) is 1.47. The van der Waals surface area contributed by atoms with Crippen LogP contribution in [-0.2, 0) is 4.74 Å². The molecule has 6 nitrogen and oxygen atoms in total. The molecule has 1 unspecified atom stereocenters. The summed E-state index contributed by atoms with van der Waals surface area (Å²) in [5.41, 5.74) is 0.00204. The van der Waals surface area contributed by atoms with E-state index in [0.717, 1.165) is 12.8 Å². The minimum Gasteiger partial charge on any atom is -0.478 e. The van der Waals surface area contributed by atoms with Crippen molar-refractivity contribution in [1.29, 1.82) is 0 Å². The number of carbonyl (C=O) groups excluding carboxylic acids is 1. The van der Waals surface area contributed by atoms with Crippen LogP contribution in [0.25, 0.3) is 0 Å². The first-order valence-electron chi connectivity index (χ1n) is 6.53. The predicted molar refractivity (Wildman–Crippen MR) is 71.7 cm³/mol. The molecule has 0 bridgehead atoms. The molecule has 1 aliphatic heterocycles. The highest BCUT2D eigenvalue weighted by atomic mass is 16.5. The maximum atomic E-state index is 11.9. The topological polar surface area (TPSA) is 88.5 Å². The normalized spacial score (nSPS) is 20.6. The van der Waals surface area contributed by atoms with Crippen molar-refractivity contribution in [3.05, 3.63) is 29.6 Å². The van der Waals surface area contributed by atoms with E-state index < -0.39 is 5.97 Å². The number of ether oxygens (including phenoxy) is 1. The molecule has 0 aliphatic carbocycles. The number of pyridine rings is 1. The molecule has 1 aliphatic rings. The lowest BCUT2D eigenvalue weighted by Gasteiger charge is -2.19. The molecule has 1 fully saturated rings. The van der Waals surface area contributed by atoms with Gasteiger partial charge in [-0.3, -0.25) is 9.78 Å². The molecule has 1 saturated heterocycles. The zero-order valence-electron chi connectivity index (χ0n) is 11.5. The van der Waals surface area contributed by atoms with Gasteiger partial charge in [0, 0.05) is 12.7 Å². The number of carbonyl (C=O) groups is 2. The Labute approximate surface area is 117 Å². The highest BCUT2D eigenvalue weighted by molar-refractivity contribution is 5.95. The maximum Gasteiger partial charge on any atom is 0.335 e. The van der Waals surface area contributed by atoms with Crippen molar-refractivity contribution in [2.45, 2.75) is 38.4 Å². The van der Waals surface area contributed by atoms with Gasteiger partial charge in [-0.05, 0) is 38.8 Å². The summed E-state index contributed by atoms with van der Waals surface area (Å²) >= 11 is 0. The molecule has 2 rings (SSSR count). The van der Waals surface area contributed by atoms with E-state index in [-0.39, 0.29) is 28.9 Å². The van der Waals surface area contributed by atoms with Gasteiger partial charge in [0.25, 0.3) is 5.91 Å². The lowest BCUT2D eigenvalue weighted by molar-refractivity contribution is -0.0138. The van der Waals surface area contributed by atoms with Crippen molar-refractivity contribution < 1.29 is 19.4 Å². The van der Waals surface area contributed by atoms with Crippen LogP contribution in [0.5, 0.6) is 0 Å². The molecule has 1 aromatic heterocycles. The maximum absolute atomic E-state index is 11.9. The van der Waals surface area contributed by atoms with Gasteiger partial charge >= 0.3 is 5.97 Å². The van der Waals surface area contributed by atoms with E-state index in [1.165, 1.54) is 18.3 Å². The van der Waals surface area contributed by atoms with Crippen LogP contribution in [-0.4, -0.2) is 40.2 Å². The second kappa shape index (κ2) is 5.58. The third-order valence-corrected chi connectivity index (χ3v) is 3.28.